The Hall–Kier alpha value is -0.910. The first-order valence-electron chi connectivity index (χ1n) is 4.15. The number of carbonyl (C=O) groups excluding carboxylic acids is 1. The average molecular weight is 202 g/mol. The number of amidine groups is 1. The van der Waals surface area contributed by atoms with Gasteiger partial charge >= 0.3 is 0 Å². The summed E-state index contributed by atoms with van der Waals surface area (Å²) in [4.78, 5) is 11.1. The smallest absolute Gasteiger partial charge is 0.230 e. The zero-order valence-electron chi connectivity index (χ0n) is 7.32. The van der Waals surface area contributed by atoms with Crippen LogP contribution in [0.2, 0.25) is 0 Å². The van der Waals surface area contributed by atoms with Gasteiger partial charge in [0.1, 0.15) is 0 Å². The molecule has 0 radical (unpaired) electrons. The molecule has 0 saturated heterocycles. The first-order valence-corrected chi connectivity index (χ1v) is 5.13. The highest BCUT2D eigenvalue weighted by Crippen LogP contribution is 2.27. The highest BCUT2D eigenvalue weighted by Gasteiger charge is 2.21. The molecule has 1 fully saturated rings. The Morgan fingerprint density at radius 3 is 2.85 bits per heavy atom. The minimum atomic E-state index is -0.0106. The van der Waals surface area contributed by atoms with Gasteiger partial charge in [0.05, 0.1) is 5.75 Å². The van der Waals surface area contributed by atoms with Crippen LogP contribution in [0.5, 0.6) is 0 Å². The SMILES string of the molecule is NN=C(N)SCC(=O)NCC1CC1. The van der Waals surface area contributed by atoms with Crippen molar-refractivity contribution in [3.05, 3.63) is 0 Å². The third kappa shape index (κ3) is 4.62. The molecule has 0 aromatic heterocycles. The zero-order valence-corrected chi connectivity index (χ0v) is 8.14. The topological polar surface area (TPSA) is 93.5 Å². The number of hydrogen-bond donors (Lipinski definition) is 3. The minimum Gasteiger partial charge on any atom is -0.377 e. The van der Waals surface area contributed by atoms with Crippen LogP contribution in [0.1, 0.15) is 12.8 Å². The lowest BCUT2D eigenvalue weighted by Crippen LogP contribution is -2.28. The van der Waals surface area contributed by atoms with Gasteiger partial charge in [0.15, 0.2) is 5.17 Å². The molecule has 5 N–H and O–H groups in total. The molecule has 1 rings (SSSR count). The molecule has 0 unspecified atom stereocenters. The number of nitrogens with zero attached hydrogens (tertiary/aromatic N) is 1. The predicted molar refractivity (Wildman–Crippen MR) is 54.0 cm³/mol. The maximum atomic E-state index is 11.1. The van der Waals surface area contributed by atoms with Crippen LogP contribution in [0.25, 0.3) is 0 Å². The largest absolute Gasteiger partial charge is 0.377 e. The second-order valence-corrected chi connectivity index (χ2v) is 4.00. The van der Waals surface area contributed by atoms with Gasteiger partial charge in [-0.2, -0.15) is 5.10 Å². The number of carbonyl (C=O) groups is 1. The van der Waals surface area contributed by atoms with E-state index in [1.807, 2.05) is 0 Å². The van der Waals surface area contributed by atoms with Gasteiger partial charge in [-0.1, -0.05) is 11.8 Å². The van der Waals surface area contributed by atoms with Crippen molar-refractivity contribution in [2.24, 2.45) is 22.6 Å². The van der Waals surface area contributed by atoms with E-state index in [0.29, 0.717) is 11.7 Å². The first kappa shape index (κ1) is 10.2. The molecule has 1 amide bonds. The lowest BCUT2D eigenvalue weighted by molar-refractivity contribution is -0.118. The lowest BCUT2D eigenvalue weighted by atomic mass is 10.4. The van der Waals surface area contributed by atoms with Crippen molar-refractivity contribution < 1.29 is 4.79 Å². The monoisotopic (exact) mass is 202 g/mol. The van der Waals surface area contributed by atoms with Crippen LogP contribution in [0.15, 0.2) is 5.10 Å². The van der Waals surface area contributed by atoms with Crippen molar-refractivity contribution >= 4 is 22.8 Å². The number of rotatable bonds is 4. The van der Waals surface area contributed by atoms with Gasteiger partial charge in [-0.25, -0.2) is 0 Å². The van der Waals surface area contributed by atoms with Gasteiger partial charge in [0.25, 0.3) is 0 Å². The molecular weight excluding hydrogens is 188 g/mol. The maximum Gasteiger partial charge on any atom is 0.230 e. The van der Waals surface area contributed by atoms with E-state index in [0.717, 1.165) is 18.3 Å². The van der Waals surface area contributed by atoms with Crippen LogP contribution in [0.4, 0.5) is 0 Å². The highest BCUT2D eigenvalue weighted by atomic mass is 32.2. The molecule has 0 heterocycles. The van der Waals surface area contributed by atoms with E-state index < -0.39 is 0 Å². The number of nitrogens with two attached hydrogens (primary N) is 2. The van der Waals surface area contributed by atoms with Crippen LogP contribution >= 0.6 is 11.8 Å². The fourth-order valence-corrected chi connectivity index (χ4v) is 1.26. The summed E-state index contributed by atoms with van der Waals surface area (Å²) in [7, 11) is 0. The van der Waals surface area contributed by atoms with Crippen molar-refractivity contribution in [1.29, 1.82) is 0 Å². The van der Waals surface area contributed by atoms with Gasteiger partial charge in [0, 0.05) is 6.54 Å². The van der Waals surface area contributed by atoms with E-state index in [9.17, 15) is 4.79 Å². The summed E-state index contributed by atoms with van der Waals surface area (Å²) >= 11 is 1.15. The molecule has 1 aliphatic rings. The first-order chi connectivity index (χ1) is 6.22. The minimum absolute atomic E-state index is 0.0106. The van der Waals surface area contributed by atoms with Crippen molar-refractivity contribution in [3.8, 4) is 0 Å². The van der Waals surface area contributed by atoms with Crippen LogP contribution in [0, 0.1) is 5.92 Å². The van der Waals surface area contributed by atoms with Crippen LogP contribution in [-0.4, -0.2) is 23.4 Å². The molecular formula is C7H14N4OS. The maximum absolute atomic E-state index is 11.1. The van der Waals surface area contributed by atoms with Crippen LogP contribution in [0.3, 0.4) is 0 Å². The molecule has 6 heteroatoms. The number of nitrogens with one attached hydrogen (secondary N) is 1. The van der Waals surface area contributed by atoms with E-state index in [4.69, 9.17) is 11.6 Å². The van der Waals surface area contributed by atoms with Crippen LogP contribution < -0.4 is 16.9 Å². The van der Waals surface area contributed by atoms with Crippen molar-refractivity contribution in [1.82, 2.24) is 5.32 Å². The zero-order chi connectivity index (χ0) is 9.68. The van der Waals surface area contributed by atoms with Crippen molar-refractivity contribution in [2.75, 3.05) is 12.3 Å². The quantitative estimate of drug-likeness (QED) is 0.246. The Morgan fingerprint density at radius 2 is 2.31 bits per heavy atom. The molecule has 5 nitrogen and oxygen atoms in total. The summed E-state index contributed by atoms with van der Waals surface area (Å²) in [5.41, 5.74) is 5.30. The molecule has 1 saturated carbocycles. The summed E-state index contributed by atoms with van der Waals surface area (Å²) in [6, 6.07) is 0. The Labute approximate surface area is 81.3 Å². The fourth-order valence-electron chi connectivity index (χ4n) is 0.808. The molecule has 0 bridgehead atoms. The summed E-state index contributed by atoms with van der Waals surface area (Å²) < 4.78 is 0. The number of amides is 1. The highest BCUT2D eigenvalue weighted by molar-refractivity contribution is 8.14. The second kappa shape index (κ2) is 4.96. The number of thioether (sulfide) groups is 1. The molecule has 13 heavy (non-hydrogen) atoms. The summed E-state index contributed by atoms with van der Waals surface area (Å²) in [6.07, 6.45) is 2.47. The standard InChI is InChI=1S/C7H14N4OS/c8-7(11-9)13-4-6(12)10-3-5-1-2-5/h5H,1-4,9H2,(H2,8,11)(H,10,12). The fraction of sp³-hybridized carbons (Fsp3) is 0.714. The number of hydrogen-bond acceptors (Lipinski definition) is 4. The summed E-state index contributed by atoms with van der Waals surface area (Å²) in [5, 5.41) is 6.30. The van der Waals surface area contributed by atoms with E-state index >= 15 is 0 Å². The Balaban J connectivity index is 2.02. The molecule has 0 aliphatic heterocycles. The molecule has 74 valence electrons. The van der Waals surface area contributed by atoms with Gasteiger partial charge < -0.3 is 16.9 Å². The van der Waals surface area contributed by atoms with Gasteiger partial charge in [-0.3, -0.25) is 4.79 Å². The normalized spacial score (nSPS) is 17.1. The Morgan fingerprint density at radius 1 is 1.62 bits per heavy atom. The molecule has 0 spiro atoms. The van der Waals surface area contributed by atoms with E-state index in [2.05, 4.69) is 10.4 Å². The molecule has 0 atom stereocenters. The van der Waals surface area contributed by atoms with Gasteiger partial charge in [0.2, 0.25) is 5.91 Å². The summed E-state index contributed by atoms with van der Waals surface area (Å²) in [6.45, 7) is 0.791. The third-order valence-electron chi connectivity index (χ3n) is 1.76. The number of hydrazone groups is 1. The summed E-state index contributed by atoms with van der Waals surface area (Å²) in [5.74, 6) is 5.88. The lowest BCUT2D eigenvalue weighted by Gasteiger charge is -2.02. The van der Waals surface area contributed by atoms with E-state index in [-0.39, 0.29) is 11.1 Å². The predicted octanol–water partition coefficient (Wildman–Crippen LogP) is -0.566. The molecule has 0 aromatic rings. The van der Waals surface area contributed by atoms with Gasteiger partial charge in [-0.15, -0.1) is 0 Å². The Kier molecular flexibility index (Phi) is 3.88. The average Bonchev–Trinajstić information content (AvgIpc) is 2.94. The van der Waals surface area contributed by atoms with E-state index in [1.165, 1.54) is 12.8 Å². The van der Waals surface area contributed by atoms with Crippen LogP contribution in [-0.2, 0) is 4.79 Å². The second-order valence-electron chi connectivity index (χ2n) is 3.00. The van der Waals surface area contributed by atoms with E-state index in [1.54, 1.807) is 0 Å². The Bertz CT molecular complexity index is 215. The van der Waals surface area contributed by atoms with Gasteiger partial charge in [-0.05, 0) is 18.8 Å². The van der Waals surface area contributed by atoms with Crippen molar-refractivity contribution in [2.45, 2.75) is 12.8 Å². The third-order valence-corrected chi connectivity index (χ3v) is 2.57. The van der Waals surface area contributed by atoms with Crippen molar-refractivity contribution in [3.63, 3.8) is 0 Å². The molecule has 1 aliphatic carbocycles. The molecule has 0 aromatic carbocycles.